The van der Waals surface area contributed by atoms with Crippen molar-refractivity contribution < 1.29 is 33.7 Å². The first-order chi connectivity index (χ1) is 20.6. The zero-order chi connectivity index (χ0) is 32.2. The summed E-state index contributed by atoms with van der Waals surface area (Å²) in [6, 6.07) is 7.79. The summed E-state index contributed by atoms with van der Waals surface area (Å²) >= 11 is 0. The number of phenolic OH excluding ortho intramolecular Hbond substituents is 1. The molecule has 2 N–H and O–H groups in total. The van der Waals surface area contributed by atoms with Gasteiger partial charge in [-0.05, 0) is 62.2 Å². The minimum Gasteiger partial charge on any atom is -0.508 e. The Hall–Kier alpha value is -4.19. The number of hydrogen-bond acceptors (Lipinski definition) is 9. The number of ether oxygens (including phenoxy) is 3. The fraction of sp³-hybridized carbons (Fsp3) is 0.469. The van der Waals surface area contributed by atoms with Gasteiger partial charge >= 0.3 is 18.0 Å². The van der Waals surface area contributed by atoms with Gasteiger partial charge in [-0.25, -0.2) is 14.6 Å². The molecule has 11 nitrogen and oxygen atoms in total. The van der Waals surface area contributed by atoms with Crippen molar-refractivity contribution in [2.45, 2.75) is 91.0 Å². The number of amides is 1. The molecule has 0 spiro atoms. The largest absolute Gasteiger partial charge is 0.508 e. The Morgan fingerprint density at radius 2 is 1.89 bits per heavy atom. The minimum absolute atomic E-state index is 0.0330. The number of aromatic nitrogens is 2. The average molecular weight is 622 g/mol. The van der Waals surface area contributed by atoms with Crippen molar-refractivity contribution in [1.29, 1.82) is 0 Å². The van der Waals surface area contributed by atoms with Crippen LogP contribution < -0.4 is 16.1 Å². The molecule has 3 aromatic rings. The second kappa shape index (κ2) is 11.1. The van der Waals surface area contributed by atoms with Crippen molar-refractivity contribution in [3.8, 4) is 17.1 Å². The molecule has 1 amide bonds. The summed E-state index contributed by atoms with van der Waals surface area (Å²) in [6.45, 7) is 13.5. The van der Waals surface area contributed by atoms with E-state index in [-0.39, 0.29) is 48.4 Å². The molecular formula is C32H39N3O8Si. The van der Waals surface area contributed by atoms with Crippen LogP contribution >= 0.6 is 0 Å². The van der Waals surface area contributed by atoms with Gasteiger partial charge in [0.05, 0.1) is 43.5 Å². The number of alkyl carbamates (subject to hydrolysis) is 1. The fourth-order valence-electron chi connectivity index (χ4n) is 6.00. The molecule has 1 atom stereocenters. The third kappa shape index (κ3) is 5.35. The van der Waals surface area contributed by atoms with E-state index in [1.54, 1.807) is 56.5 Å². The summed E-state index contributed by atoms with van der Waals surface area (Å²) in [5, 5.41) is 14.9. The lowest BCUT2D eigenvalue weighted by Crippen LogP contribution is -2.47. The lowest BCUT2D eigenvalue weighted by molar-refractivity contribution is -0.189. The number of esters is 2. The third-order valence-corrected chi connectivity index (χ3v) is 12.2. The number of carbonyl (C=O) groups excluding carboxylic acids is 3. The zero-order valence-electron chi connectivity index (χ0n) is 26.3. The SMILES string of the molecule is CCC1(OC(=O)CCNC(=O)OC(C)(C)C)C(=O)OCc2c1cc1n(c2=O)Cc2c-1nc1ccc(O)cc1c2[Si](C)(C)CC. The number of cyclic esters (lactones) is 1. The minimum atomic E-state index is -2.04. The van der Waals surface area contributed by atoms with Gasteiger partial charge in [0.1, 0.15) is 18.0 Å². The normalized spacial score (nSPS) is 17.4. The van der Waals surface area contributed by atoms with Crippen LogP contribution in [0, 0.1) is 0 Å². The first-order valence-electron chi connectivity index (χ1n) is 14.9. The maximum absolute atomic E-state index is 14.0. The van der Waals surface area contributed by atoms with Crippen LogP contribution in [0.4, 0.5) is 4.79 Å². The van der Waals surface area contributed by atoms with Gasteiger partial charge in [-0.2, -0.15) is 0 Å². The first-order valence-corrected chi connectivity index (χ1v) is 18.1. The summed E-state index contributed by atoms with van der Waals surface area (Å²) in [7, 11) is -2.04. The molecule has 0 radical (unpaired) electrons. The molecule has 44 heavy (non-hydrogen) atoms. The second-order valence-electron chi connectivity index (χ2n) is 13.0. The van der Waals surface area contributed by atoms with Crippen LogP contribution in [-0.2, 0) is 42.6 Å². The van der Waals surface area contributed by atoms with Crippen molar-refractivity contribution in [2.75, 3.05) is 6.54 Å². The topological polar surface area (TPSA) is 146 Å². The molecule has 1 unspecified atom stereocenters. The van der Waals surface area contributed by atoms with Crippen molar-refractivity contribution in [3.63, 3.8) is 0 Å². The molecule has 5 rings (SSSR count). The number of rotatable bonds is 7. The Morgan fingerprint density at radius 1 is 1.16 bits per heavy atom. The first kappa shape index (κ1) is 31.2. The number of nitrogens with zero attached hydrogens (tertiary/aromatic N) is 2. The van der Waals surface area contributed by atoms with Crippen LogP contribution in [-0.4, -0.2) is 52.9 Å². The van der Waals surface area contributed by atoms with Gasteiger partial charge in [-0.1, -0.05) is 33.0 Å². The second-order valence-corrected chi connectivity index (χ2v) is 18.0. The predicted octanol–water partition coefficient (Wildman–Crippen LogP) is 4.19. The van der Waals surface area contributed by atoms with E-state index < -0.39 is 37.3 Å². The summed E-state index contributed by atoms with van der Waals surface area (Å²) in [5.74, 6) is -1.35. The highest BCUT2D eigenvalue weighted by atomic mass is 28.3. The van der Waals surface area contributed by atoms with Gasteiger partial charge < -0.3 is 29.2 Å². The number of fused-ring (bicyclic) bond motifs is 5. The Labute approximate surface area is 256 Å². The highest BCUT2D eigenvalue weighted by Crippen LogP contribution is 2.41. The molecule has 234 valence electrons. The van der Waals surface area contributed by atoms with Crippen molar-refractivity contribution >= 4 is 42.2 Å². The van der Waals surface area contributed by atoms with E-state index >= 15 is 0 Å². The van der Waals surface area contributed by atoms with E-state index in [4.69, 9.17) is 19.2 Å². The molecule has 2 aliphatic heterocycles. The summed E-state index contributed by atoms with van der Waals surface area (Å²) in [6.07, 6.45) is -0.869. The number of carbonyl (C=O) groups is 3. The molecule has 0 bridgehead atoms. The standard InChI is InChI=1S/C32H39N3O8Si/c1-8-32(42-25(37)12-13-33-30(40)43-31(3,4)5)22-15-24-26-20(16-35(24)28(38)21(22)17-41-29(32)39)27(44(6,7)9-2)19-14-18(36)10-11-23(19)34-26/h10-11,14-15,36H,8-9,12-13,16-17H2,1-7H3,(H,33,40). The molecule has 2 aliphatic rings. The van der Waals surface area contributed by atoms with Gasteiger partial charge in [0.25, 0.3) is 5.56 Å². The van der Waals surface area contributed by atoms with Crippen molar-refractivity contribution in [3.05, 3.63) is 51.3 Å². The van der Waals surface area contributed by atoms with Gasteiger partial charge in [0.15, 0.2) is 0 Å². The Kier molecular flexibility index (Phi) is 7.85. The van der Waals surface area contributed by atoms with Gasteiger partial charge in [0, 0.05) is 17.5 Å². The van der Waals surface area contributed by atoms with Gasteiger partial charge in [-0.15, -0.1) is 0 Å². The smallest absolute Gasteiger partial charge is 0.407 e. The fourth-order valence-corrected chi connectivity index (χ4v) is 8.30. The number of benzene rings is 1. The maximum Gasteiger partial charge on any atom is 0.407 e. The van der Waals surface area contributed by atoms with Crippen LogP contribution in [0.1, 0.15) is 64.2 Å². The number of phenols is 1. The van der Waals surface area contributed by atoms with Gasteiger partial charge in [-0.3, -0.25) is 9.59 Å². The van der Waals surface area contributed by atoms with E-state index in [0.29, 0.717) is 23.4 Å². The quantitative estimate of drug-likeness (QED) is 0.176. The lowest BCUT2D eigenvalue weighted by atomic mass is 9.85. The summed E-state index contributed by atoms with van der Waals surface area (Å²) in [5.41, 5.74) is 0.481. The zero-order valence-corrected chi connectivity index (χ0v) is 27.3. The van der Waals surface area contributed by atoms with Crippen LogP contribution in [0.25, 0.3) is 22.3 Å². The molecule has 0 saturated heterocycles. The van der Waals surface area contributed by atoms with Gasteiger partial charge in [0.2, 0.25) is 5.60 Å². The number of pyridine rings is 2. The number of hydrogen-bond donors (Lipinski definition) is 2. The summed E-state index contributed by atoms with van der Waals surface area (Å²) < 4.78 is 18.1. The van der Waals surface area contributed by atoms with Crippen LogP contribution in [0.3, 0.4) is 0 Å². The monoisotopic (exact) mass is 621 g/mol. The van der Waals surface area contributed by atoms with Crippen LogP contribution in [0.2, 0.25) is 19.1 Å². The Morgan fingerprint density at radius 3 is 2.55 bits per heavy atom. The molecule has 1 aromatic carbocycles. The lowest BCUT2D eigenvalue weighted by Gasteiger charge is -2.35. The average Bonchev–Trinajstić information content (AvgIpc) is 3.30. The highest BCUT2D eigenvalue weighted by molar-refractivity contribution is 6.91. The molecule has 2 aromatic heterocycles. The van der Waals surface area contributed by atoms with Crippen molar-refractivity contribution in [2.24, 2.45) is 0 Å². The van der Waals surface area contributed by atoms with Crippen molar-refractivity contribution in [1.82, 2.24) is 14.9 Å². The van der Waals surface area contributed by atoms with E-state index in [1.165, 1.54) is 0 Å². The highest BCUT2D eigenvalue weighted by Gasteiger charge is 2.50. The molecular weight excluding hydrogens is 582 g/mol. The molecule has 12 heteroatoms. The predicted molar refractivity (Wildman–Crippen MR) is 167 cm³/mol. The Bertz CT molecular complexity index is 1760. The molecule has 4 heterocycles. The third-order valence-electron chi connectivity index (χ3n) is 8.48. The number of aromatic hydroxyl groups is 1. The summed E-state index contributed by atoms with van der Waals surface area (Å²) in [4.78, 5) is 57.4. The maximum atomic E-state index is 14.0. The van der Waals surface area contributed by atoms with Crippen LogP contribution in [0.15, 0.2) is 29.1 Å². The number of nitrogens with one attached hydrogen (secondary N) is 1. The molecule has 0 fully saturated rings. The van der Waals surface area contributed by atoms with Crippen LogP contribution in [0.5, 0.6) is 5.75 Å². The molecule has 0 aliphatic carbocycles. The van der Waals surface area contributed by atoms with E-state index in [1.807, 2.05) is 0 Å². The van der Waals surface area contributed by atoms with E-state index in [9.17, 15) is 24.3 Å². The molecule has 0 saturated carbocycles. The Balaban J connectivity index is 1.57. The van der Waals surface area contributed by atoms with E-state index in [0.717, 1.165) is 22.2 Å². The van der Waals surface area contributed by atoms with E-state index in [2.05, 4.69) is 25.3 Å².